The molecule has 11 nitrogen and oxygen atoms in total. The summed E-state index contributed by atoms with van der Waals surface area (Å²) in [5, 5.41) is 13.1. The van der Waals surface area contributed by atoms with Crippen LogP contribution in [-0.4, -0.2) is 63.5 Å². The summed E-state index contributed by atoms with van der Waals surface area (Å²) in [5.41, 5.74) is 5.80. The van der Waals surface area contributed by atoms with Gasteiger partial charge in [0.15, 0.2) is 11.8 Å². The van der Waals surface area contributed by atoms with Crippen LogP contribution in [-0.2, 0) is 16.1 Å². The van der Waals surface area contributed by atoms with Gasteiger partial charge in [0.2, 0.25) is 5.88 Å². The predicted octanol–water partition coefficient (Wildman–Crippen LogP) is 0.953. The van der Waals surface area contributed by atoms with Crippen molar-refractivity contribution in [1.29, 1.82) is 0 Å². The molecule has 2 saturated heterocycles. The molecule has 5 rings (SSSR count). The smallest absolute Gasteiger partial charge is 0.296 e. The van der Waals surface area contributed by atoms with Crippen LogP contribution in [0, 0.1) is 11.6 Å². The number of nitrogens with zero attached hydrogens (tertiary/aromatic N) is 3. The van der Waals surface area contributed by atoms with Crippen LogP contribution in [0.1, 0.15) is 11.1 Å². The predicted molar refractivity (Wildman–Crippen MR) is 114 cm³/mol. The normalized spacial score (nSPS) is 24.5. The largest absolute Gasteiger partial charge is 0.471 e. The van der Waals surface area contributed by atoms with Crippen LogP contribution in [0.3, 0.4) is 0 Å². The molecule has 3 aromatic rings. The molecule has 0 spiro atoms. The van der Waals surface area contributed by atoms with Crippen LogP contribution < -0.4 is 21.1 Å². The molecule has 6 N–H and O–H groups in total. The molecule has 14 heteroatoms. The molecule has 0 amide bonds. The first-order valence-corrected chi connectivity index (χ1v) is 10.5. The van der Waals surface area contributed by atoms with E-state index < -0.39 is 42.7 Å². The summed E-state index contributed by atoms with van der Waals surface area (Å²) in [6, 6.07) is 3.62. The highest BCUT2D eigenvalue weighted by Crippen LogP contribution is 2.31. The molecule has 2 aliphatic rings. The van der Waals surface area contributed by atoms with Crippen molar-refractivity contribution in [1.82, 2.24) is 15.0 Å². The van der Waals surface area contributed by atoms with Crippen LogP contribution in [0.2, 0.25) is 5.02 Å². The van der Waals surface area contributed by atoms with Crippen molar-refractivity contribution in [2.75, 3.05) is 13.2 Å². The zero-order valence-electron chi connectivity index (χ0n) is 17.4. The number of rotatable bonds is 6. The summed E-state index contributed by atoms with van der Waals surface area (Å²) < 4.78 is 51.1. The quantitative estimate of drug-likeness (QED) is 0.168. The molecule has 180 valence electrons. The van der Waals surface area contributed by atoms with E-state index in [1.807, 2.05) is 0 Å². The lowest BCUT2D eigenvalue weighted by atomic mass is 10.1. The Labute approximate surface area is 195 Å². The summed E-state index contributed by atoms with van der Waals surface area (Å²) in [6.45, 7) is -0.0957. The van der Waals surface area contributed by atoms with Gasteiger partial charge in [-0.3, -0.25) is 0 Å². The Bertz CT molecular complexity index is 1250. The second-order valence-corrected chi connectivity index (χ2v) is 8.14. The van der Waals surface area contributed by atoms with Crippen molar-refractivity contribution in [2.24, 2.45) is 16.7 Å². The van der Waals surface area contributed by atoms with E-state index in [9.17, 15) is 13.9 Å². The van der Waals surface area contributed by atoms with E-state index >= 15 is 0 Å². The van der Waals surface area contributed by atoms with Gasteiger partial charge >= 0.3 is 0 Å². The second kappa shape index (κ2) is 8.83. The first kappa shape index (κ1) is 22.5. The number of fused-ring (bicyclic) bond motifs is 2. The number of amidine groups is 1. The minimum atomic E-state index is -0.898. The fraction of sp³-hybridized carbons (Fsp3) is 0.350. The molecule has 2 aliphatic heterocycles. The standard InChI is InChI=1S/C20H19ClF2N6O5/c21-9-3-12-18(28-20(26-12)34-14-6-32-15-13(30)5-31-16(14)15)27-19(9)33-4-8-10(22)1-7(2-11(8)23)17(24)29-25/h1-3,13-16,30H,4-6,25H2,(H2,24,29)(H,26,27,28)/t13-,14-,15-,16-/m1/s1. The second-order valence-electron chi connectivity index (χ2n) is 7.73. The molecule has 2 fully saturated rings. The van der Waals surface area contributed by atoms with Crippen LogP contribution >= 0.6 is 11.6 Å². The third kappa shape index (κ3) is 4.07. The van der Waals surface area contributed by atoms with Gasteiger partial charge in [-0.15, -0.1) is 0 Å². The Morgan fingerprint density at radius 1 is 1.21 bits per heavy atom. The van der Waals surface area contributed by atoms with E-state index in [1.54, 1.807) is 0 Å². The Balaban J connectivity index is 1.32. The number of H-pyrrole nitrogens is 1. The molecule has 2 aromatic heterocycles. The average molecular weight is 497 g/mol. The Kier molecular flexibility index (Phi) is 5.85. The summed E-state index contributed by atoms with van der Waals surface area (Å²) in [4.78, 5) is 11.4. The first-order valence-electron chi connectivity index (χ1n) is 10.1. The number of aliphatic hydroxyl groups excluding tert-OH is 1. The summed E-state index contributed by atoms with van der Waals surface area (Å²) in [7, 11) is 0. The third-order valence-electron chi connectivity index (χ3n) is 5.55. The molecule has 4 heterocycles. The number of hydrogen-bond donors (Lipinski definition) is 4. The molecular weight excluding hydrogens is 478 g/mol. The number of hydrogen-bond acceptors (Lipinski definition) is 9. The molecule has 0 aliphatic carbocycles. The van der Waals surface area contributed by atoms with Crippen LogP contribution in [0.5, 0.6) is 11.9 Å². The number of pyridine rings is 1. The molecule has 1 aromatic carbocycles. The first-order chi connectivity index (χ1) is 16.3. The minimum Gasteiger partial charge on any atom is -0.471 e. The van der Waals surface area contributed by atoms with Gasteiger partial charge in [-0.05, 0) is 18.2 Å². The van der Waals surface area contributed by atoms with Crippen molar-refractivity contribution < 1.29 is 32.8 Å². The minimum absolute atomic E-state index is 0.000578. The van der Waals surface area contributed by atoms with Crippen molar-refractivity contribution in [3.8, 4) is 11.9 Å². The molecule has 4 atom stereocenters. The zero-order chi connectivity index (χ0) is 24.0. The van der Waals surface area contributed by atoms with Crippen LogP contribution in [0.15, 0.2) is 23.3 Å². The van der Waals surface area contributed by atoms with Gasteiger partial charge in [0, 0.05) is 5.56 Å². The number of aliphatic hydroxyl groups is 1. The number of nitrogens with two attached hydrogens (primary N) is 2. The van der Waals surface area contributed by atoms with Crippen molar-refractivity contribution in [2.45, 2.75) is 31.0 Å². The SMILES string of the molecule is N/N=C(\N)c1cc(F)c(COc2nc3nc(O[C@@H]4CO[C@H]5[C@@H]4OC[C@H]5O)[nH]c3cc2Cl)c(F)c1. The molecule has 0 unspecified atom stereocenters. The molecular formula is C20H19ClF2N6O5. The number of imidazole rings is 1. The molecule has 0 saturated carbocycles. The summed E-state index contributed by atoms with van der Waals surface area (Å²) in [6.07, 6.45) is -2.04. The zero-order valence-corrected chi connectivity index (χ0v) is 18.1. The van der Waals surface area contributed by atoms with Gasteiger partial charge in [-0.1, -0.05) is 11.6 Å². The van der Waals surface area contributed by atoms with Gasteiger partial charge < -0.3 is 40.6 Å². The summed E-state index contributed by atoms with van der Waals surface area (Å²) in [5.74, 6) is 2.96. The van der Waals surface area contributed by atoms with E-state index in [0.29, 0.717) is 5.52 Å². The highest BCUT2D eigenvalue weighted by Gasteiger charge is 2.48. The van der Waals surface area contributed by atoms with Gasteiger partial charge in [0.25, 0.3) is 6.01 Å². The number of aromatic nitrogens is 3. The van der Waals surface area contributed by atoms with Crippen LogP contribution in [0.25, 0.3) is 11.2 Å². The van der Waals surface area contributed by atoms with E-state index in [4.69, 9.17) is 42.1 Å². The maximum atomic E-state index is 14.4. The van der Waals surface area contributed by atoms with Gasteiger partial charge in [-0.25, -0.2) is 8.78 Å². The maximum absolute atomic E-state index is 14.4. The number of ether oxygens (including phenoxy) is 4. The van der Waals surface area contributed by atoms with Crippen molar-refractivity contribution in [3.63, 3.8) is 0 Å². The third-order valence-corrected chi connectivity index (χ3v) is 5.82. The topological polar surface area (TPSA) is 163 Å². The van der Waals surface area contributed by atoms with E-state index in [2.05, 4.69) is 20.1 Å². The Morgan fingerprint density at radius 3 is 2.68 bits per heavy atom. The molecule has 34 heavy (non-hydrogen) atoms. The highest BCUT2D eigenvalue weighted by molar-refractivity contribution is 6.32. The Hall–Kier alpha value is -3.26. The highest BCUT2D eigenvalue weighted by atomic mass is 35.5. The van der Waals surface area contributed by atoms with Gasteiger partial charge in [0.1, 0.15) is 47.4 Å². The lowest BCUT2D eigenvalue weighted by Crippen LogP contribution is -2.34. The monoisotopic (exact) mass is 496 g/mol. The lowest BCUT2D eigenvalue weighted by Gasteiger charge is -2.15. The summed E-state index contributed by atoms with van der Waals surface area (Å²) >= 11 is 6.23. The number of aromatic amines is 1. The van der Waals surface area contributed by atoms with Crippen LogP contribution in [0.4, 0.5) is 8.78 Å². The van der Waals surface area contributed by atoms with E-state index in [1.165, 1.54) is 6.07 Å². The molecule has 0 bridgehead atoms. The molecule has 0 radical (unpaired) electrons. The number of nitrogens with one attached hydrogen (secondary N) is 1. The van der Waals surface area contributed by atoms with Gasteiger partial charge in [0.05, 0.1) is 24.3 Å². The lowest BCUT2D eigenvalue weighted by molar-refractivity contribution is 0.00706. The number of benzene rings is 1. The fourth-order valence-electron chi connectivity index (χ4n) is 3.83. The fourth-order valence-corrected chi connectivity index (χ4v) is 4.03. The van der Waals surface area contributed by atoms with Gasteiger partial charge in [-0.2, -0.15) is 15.1 Å². The average Bonchev–Trinajstić information content (AvgIpc) is 3.49. The van der Waals surface area contributed by atoms with Crippen molar-refractivity contribution >= 4 is 28.6 Å². The van der Waals surface area contributed by atoms with E-state index in [-0.39, 0.29) is 52.7 Å². The van der Waals surface area contributed by atoms with E-state index in [0.717, 1.165) is 12.1 Å². The van der Waals surface area contributed by atoms with Crippen molar-refractivity contribution in [3.05, 3.63) is 46.0 Å². The maximum Gasteiger partial charge on any atom is 0.296 e. The Morgan fingerprint density at radius 2 is 1.94 bits per heavy atom. The number of hydrazone groups is 1. The number of halogens is 3.